The summed E-state index contributed by atoms with van der Waals surface area (Å²) in [7, 11) is -3.99. The standard InChI is InChI=1S/C26H27F3O4S/c1-2-18-32-25(20-10-12-21(13-11-20)26(27,28)29)16-14-22(15-17-25)33-34(30,31)24-9-5-7-19-6-3-4-8-23(19)24/h3-13,22H,2,14-18H2,1H3. The smallest absolute Gasteiger partial charge is 0.370 e. The lowest BCUT2D eigenvalue weighted by Gasteiger charge is -2.40. The fourth-order valence-electron chi connectivity index (χ4n) is 4.58. The molecule has 34 heavy (non-hydrogen) atoms. The van der Waals surface area contributed by atoms with E-state index >= 15 is 0 Å². The predicted molar refractivity (Wildman–Crippen MR) is 124 cm³/mol. The van der Waals surface area contributed by atoms with Crippen LogP contribution in [0.5, 0.6) is 0 Å². The number of fused-ring (bicyclic) bond motifs is 1. The molecule has 1 fully saturated rings. The van der Waals surface area contributed by atoms with Crippen LogP contribution in [0.1, 0.15) is 50.2 Å². The van der Waals surface area contributed by atoms with Crippen LogP contribution in [0.25, 0.3) is 10.8 Å². The zero-order valence-corrected chi connectivity index (χ0v) is 19.7. The zero-order valence-electron chi connectivity index (χ0n) is 18.8. The largest absolute Gasteiger partial charge is 0.416 e. The van der Waals surface area contributed by atoms with Crippen LogP contribution in [0, 0.1) is 0 Å². The number of rotatable bonds is 7. The van der Waals surface area contributed by atoms with Crippen molar-refractivity contribution in [2.45, 2.75) is 61.8 Å². The minimum atomic E-state index is -4.41. The second-order valence-electron chi connectivity index (χ2n) is 8.64. The molecule has 0 saturated heterocycles. The van der Waals surface area contributed by atoms with Gasteiger partial charge < -0.3 is 4.74 Å². The Morgan fingerprint density at radius 1 is 0.941 bits per heavy atom. The molecule has 1 aliphatic rings. The van der Waals surface area contributed by atoms with Crippen molar-refractivity contribution in [3.63, 3.8) is 0 Å². The highest BCUT2D eigenvalue weighted by Crippen LogP contribution is 2.43. The number of hydrogen-bond donors (Lipinski definition) is 0. The van der Waals surface area contributed by atoms with Gasteiger partial charge in [0.1, 0.15) is 4.90 Å². The van der Waals surface area contributed by atoms with E-state index in [1.165, 1.54) is 18.2 Å². The Morgan fingerprint density at radius 3 is 2.24 bits per heavy atom. The van der Waals surface area contributed by atoms with Crippen molar-refractivity contribution in [1.29, 1.82) is 0 Å². The van der Waals surface area contributed by atoms with Crippen LogP contribution in [0.15, 0.2) is 71.6 Å². The van der Waals surface area contributed by atoms with Crippen molar-refractivity contribution in [2.75, 3.05) is 6.61 Å². The molecule has 0 bridgehead atoms. The second-order valence-corrected chi connectivity index (χ2v) is 10.2. The third-order valence-corrected chi connectivity index (χ3v) is 7.76. The molecule has 0 heterocycles. The molecule has 0 unspecified atom stereocenters. The fraction of sp³-hybridized carbons (Fsp3) is 0.385. The molecule has 0 spiro atoms. The van der Waals surface area contributed by atoms with E-state index < -0.39 is 33.6 Å². The van der Waals surface area contributed by atoms with Crippen molar-refractivity contribution < 1.29 is 30.5 Å². The number of ether oxygens (including phenoxy) is 1. The summed E-state index contributed by atoms with van der Waals surface area (Å²) in [6, 6.07) is 17.4. The topological polar surface area (TPSA) is 52.6 Å². The number of hydrogen-bond acceptors (Lipinski definition) is 4. The monoisotopic (exact) mass is 492 g/mol. The predicted octanol–water partition coefficient (Wildman–Crippen LogP) is 6.83. The molecule has 0 aliphatic heterocycles. The molecule has 1 saturated carbocycles. The van der Waals surface area contributed by atoms with Crippen molar-refractivity contribution in [3.05, 3.63) is 77.9 Å². The normalized spacial score (nSPS) is 21.6. The molecular formula is C26H27F3O4S. The third-order valence-electron chi connectivity index (χ3n) is 6.34. The maximum Gasteiger partial charge on any atom is 0.416 e. The highest BCUT2D eigenvalue weighted by molar-refractivity contribution is 7.87. The van der Waals surface area contributed by atoms with Crippen LogP contribution in [-0.4, -0.2) is 21.1 Å². The van der Waals surface area contributed by atoms with E-state index in [-0.39, 0.29) is 4.90 Å². The minimum absolute atomic E-state index is 0.132. The summed E-state index contributed by atoms with van der Waals surface area (Å²) in [4.78, 5) is 0.132. The molecule has 4 nitrogen and oxygen atoms in total. The van der Waals surface area contributed by atoms with Gasteiger partial charge in [-0.05, 0) is 61.3 Å². The summed E-state index contributed by atoms with van der Waals surface area (Å²) in [5, 5.41) is 1.41. The van der Waals surface area contributed by atoms with E-state index in [2.05, 4.69) is 0 Å². The van der Waals surface area contributed by atoms with E-state index in [4.69, 9.17) is 8.92 Å². The maximum atomic E-state index is 13.1. The van der Waals surface area contributed by atoms with Crippen LogP contribution < -0.4 is 0 Å². The van der Waals surface area contributed by atoms with Crippen LogP contribution in [0.4, 0.5) is 13.2 Å². The summed E-state index contributed by atoms with van der Waals surface area (Å²) >= 11 is 0. The first kappa shape index (κ1) is 24.7. The lowest BCUT2D eigenvalue weighted by molar-refractivity contribution is -0.137. The van der Waals surface area contributed by atoms with Gasteiger partial charge in [-0.3, -0.25) is 4.18 Å². The Bertz CT molecular complexity index is 1220. The second kappa shape index (κ2) is 9.68. The van der Waals surface area contributed by atoms with Crippen molar-refractivity contribution in [2.24, 2.45) is 0 Å². The molecule has 1 aliphatic carbocycles. The van der Waals surface area contributed by atoms with Crippen molar-refractivity contribution in [1.82, 2.24) is 0 Å². The molecule has 3 aromatic rings. The molecule has 4 rings (SSSR count). The molecule has 0 radical (unpaired) electrons. The van der Waals surface area contributed by atoms with E-state index in [0.29, 0.717) is 43.2 Å². The van der Waals surface area contributed by atoms with E-state index in [1.54, 1.807) is 18.2 Å². The Labute approximate surface area is 197 Å². The summed E-state index contributed by atoms with van der Waals surface area (Å²) in [5.74, 6) is 0. The van der Waals surface area contributed by atoms with Gasteiger partial charge in [-0.2, -0.15) is 21.6 Å². The lowest BCUT2D eigenvalue weighted by Crippen LogP contribution is -2.38. The average molecular weight is 493 g/mol. The summed E-state index contributed by atoms with van der Waals surface area (Å²) in [6.07, 6.45) is -2.45. The quantitative estimate of drug-likeness (QED) is 0.339. The highest BCUT2D eigenvalue weighted by Gasteiger charge is 2.40. The SMILES string of the molecule is CCCOC1(c2ccc(C(F)(F)F)cc2)CCC(OS(=O)(=O)c2cccc3ccccc23)CC1. The molecule has 8 heteroatoms. The van der Waals surface area contributed by atoms with Gasteiger partial charge in [0.15, 0.2) is 0 Å². The molecule has 0 N–H and O–H groups in total. The summed E-state index contributed by atoms with van der Waals surface area (Å²) < 4.78 is 77.0. The minimum Gasteiger partial charge on any atom is -0.370 e. The molecule has 3 aromatic carbocycles. The number of alkyl halides is 3. The Hall–Kier alpha value is -2.42. The van der Waals surface area contributed by atoms with Gasteiger partial charge in [0.25, 0.3) is 10.1 Å². The van der Waals surface area contributed by atoms with Gasteiger partial charge >= 0.3 is 6.18 Å². The number of benzene rings is 3. The average Bonchev–Trinajstić information content (AvgIpc) is 2.83. The van der Waals surface area contributed by atoms with Gasteiger partial charge in [0.2, 0.25) is 0 Å². The zero-order chi connectivity index (χ0) is 24.4. The molecular weight excluding hydrogens is 465 g/mol. The highest BCUT2D eigenvalue weighted by atomic mass is 32.2. The molecule has 0 amide bonds. The van der Waals surface area contributed by atoms with Crippen LogP contribution in [-0.2, 0) is 30.8 Å². The van der Waals surface area contributed by atoms with Crippen LogP contribution >= 0.6 is 0 Å². The Balaban J connectivity index is 1.52. The lowest BCUT2D eigenvalue weighted by atomic mass is 9.78. The first-order valence-corrected chi connectivity index (χ1v) is 12.8. The van der Waals surface area contributed by atoms with Gasteiger partial charge in [0.05, 0.1) is 17.3 Å². The first-order chi connectivity index (χ1) is 16.1. The first-order valence-electron chi connectivity index (χ1n) is 11.4. The number of halogens is 3. The van der Waals surface area contributed by atoms with Gasteiger partial charge in [0, 0.05) is 12.0 Å². The van der Waals surface area contributed by atoms with Gasteiger partial charge in [-0.15, -0.1) is 0 Å². The molecule has 0 atom stereocenters. The maximum absolute atomic E-state index is 13.1. The van der Waals surface area contributed by atoms with Crippen molar-refractivity contribution >= 4 is 20.9 Å². The Kier molecular flexibility index (Phi) is 7.03. The van der Waals surface area contributed by atoms with Crippen LogP contribution in [0.2, 0.25) is 0 Å². The van der Waals surface area contributed by atoms with E-state index in [9.17, 15) is 21.6 Å². The summed E-state index contributed by atoms with van der Waals surface area (Å²) in [5.41, 5.74) is -0.798. The molecule has 182 valence electrons. The Morgan fingerprint density at radius 2 is 1.59 bits per heavy atom. The fourth-order valence-corrected chi connectivity index (χ4v) is 5.93. The van der Waals surface area contributed by atoms with Gasteiger partial charge in [-0.25, -0.2) is 0 Å². The van der Waals surface area contributed by atoms with Crippen LogP contribution in [0.3, 0.4) is 0 Å². The third kappa shape index (κ3) is 5.14. The van der Waals surface area contributed by atoms with E-state index in [1.807, 2.05) is 25.1 Å². The molecule has 0 aromatic heterocycles. The van der Waals surface area contributed by atoms with Crippen molar-refractivity contribution in [3.8, 4) is 0 Å². The summed E-state index contributed by atoms with van der Waals surface area (Å²) in [6.45, 7) is 2.42. The van der Waals surface area contributed by atoms with Gasteiger partial charge in [-0.1, -0.05) is 55.5 Å². The van der Waals surface area contributed by atoms with E-state index in [0.717, 1.165) is 23.9 Å².